The Morgan fingerprint density at radius 1 is 1.10 bits per heavy atom. The predicted molar refractivity (Wildman–Crippen MR) is 89.5 cm³/mol. The minimum Gasteiger partial charge on any atom is -0.309 e. The van der Waals surface area contributed by atoms with Gasteiger partial charge in [0.15, 0.2) is 0 Å². The highest BCUT2D eigenvalue weighted by atomic mass is 32.2. The van der Waals surface area contributed by atoms with Gasteiger partial charge in [0, 0.05) is 27.8 Å². The summed E-state index contributed by atoms with van der Waals surface area (Å²) in [6.45, 7) is 11.5. The van der Waals surface area contributed by atoms with E-state index in [1.54, 1.807) is 0 Å². The molecular formula is C17H29NOS. The lowest BCUT2D eigenvalue weighted by atomic mass is 10.0. The molecule has 1 N–H and O–H groups in total. The minimum absolute atomic E-state index is 0.188. The van der Waals surface area contributed by atoms with Crippen LogP contribution in [0.15, 0.2) is 24.3 Å². The van der Waals surface area contributed by atoms with Crippen LogP contribution in [0.4, 0.5) is 0 Å². The van der Waals surface area contributed by atoms with Gasteiger partial charge in [0.1, 0.15) is 0 Å². The molecule has 3 atom stereocenters. The maximum atomic E-state index is 12.4. The van der Waals surface area contributed by atoms with E-state index in [2.05, 4.69) is 64.2 Å². The summed E-state index contributed by atoms with van der Waals surface area (Å²) in [5.41, 5.74) is 2.59. The number of hydrogen-bond donors (Lipinski definition) is 1. The maximum Gasteiger partial charge on any atom is 0.0436 e. The molecule has 20 heavy (non-hydrogen) atoms. The molecular weight excluding hydrogens is 266 g/mol. The molecule has 0 bridgehead atoms. The van der Waals surface area contributed by atoms with Crippen molar-refractivity contribution in [3.05, 3.63) is 35.4 Å². The fourth-order valence-corrected chi connectivity index (χ4v) is 3.67. The largest absolute Gasteiger partial charge is 0.309 e. The van der Waals surface area contributed by atoms with Gasteiger partial charge in [-0.05, 0) is 30.0 Å². The van der Waals surface area contributed by atoms with Crippen LogP contribution in [0, 0.1) is 5.92 Å². The van der Waals surface area contributed by atoms with E-state index in [1.165, 1.54) is 11.1 Å². The van der Waals surface area contributed by atoms with E-state index in [0.717, 1.165) is 13.0 Å². The van der Waals surface area contributed by atoms with Gasteiger partial charge in [-0.2, -0.15) is 0 Å². The van der Waals surface area contributed by atoms with Crippen molar-refractivity contribution >= 4 is 10.8 Å². The Labute approximate surface area is 126 Å². The first kappa shape index (κ1) is 17.4. The van der Waals surface area contributed by atoms with Crippen LogP contribution in [0.25, 0.3) is 0 Å². The molecule has 0 aliphatic heterocycles. The van der Waals surface area contributed by atoms with Crippen molar-refractivity contribution in [1.82, 2.24) is 5.32 Å². The Morgan fingerprint density at radius 3 is 2.15 bits per heavy atom. The zero-order chi connectivity index (χ0) is 15.1. The number of rotatable bonds is 8. The summed E-state index contributed by atoms with van der Waals surface area (Å²) in [5, 5.41) is 3.71. The third-order valence-electron chi connectivity index (χ3n) is 3.93. The van der Waals surface area contributed by atoms with E-state index < -0.39 is 10.8 Å². The number of benzene rings is 1. The molecule has 114 valence electrons. The summed E-state index contributed by atoms with van der Waals surface area (Å²) in [6, 6.07) is 8.88. The van der Waals surface area contributed by atoms with Gasteiger partial charge in [-0.3, -0.25) is 4.21 Å². The summed E-state index contributed by atoms with van der Waals surface area (Å²) >= 11 is 0. The highest BCUT2D eigenvalue weighted by molar-refractivity contribution is 7.85. The third-order valence-corrected chi connectivity index (χ3v) is 5.96. The van der Waals surface area contributed by atoms with Gasteiger partial charge < -0.3 is 5.32 Å². The Hall–Kier alpha value is -0.670. The highest BCUT2D eigenvalue weighted by Crippen LogP contribution is 2.19. The van der Waals surface area contributed by atoms with E-state index in [4.69, 9.17) is 0 Å². The molecule has 3 unspecified atom stereocenters. The molecule has 0 aromatic heterocycles. The lowest BCUT2D eigenvalue weighted by molar-refractivity contribution is 0.573. The van der Waals surface area contributed by atoms with Gasteiger partial charge in [-0.1, -0.05) is 58.9 Å². The number of hydrogen-bond acceptors (Lipinski definition) is 2. The summed E-state index contributed by atoms with van der Waals surface area (Å²) < 4.78 is 12.4. The molecule has 1 rings (SSSR count). The van der Waals surface area contributed by atoms with Gasteiger partial charge in [-0.25, -0.2) is 0 Å². The van der Waals surface area contributed by atoms with Crippen molar-refractivity contribution in [3.8, 4) is 0 Å². The van der Waals surface area contributed by atoms with Crippen molar-refractivity contribution in [3.63, 3.8) is 0 Å². The third kappa shape index (κ3) is 5.02. The fraction of sp³-hybridized carbons (Fsp3) is 0.647. The molecule has 0 fully saturated rings. The monoisotopic (exact) mass is 295 g/mol. The average Bonchev–Trinajstić information content (AvgIpc) is 2.45. The van der Waals surface area contributed by atoms with E-state index in [-0.39, 0.29) is 11.3 Å². The van der Waals surface area contributed by atoms with Crippen molar-refractivity contribution in [2.45, 2.75) is 52.3 Å². The lowest BCUT2D eigenvalue weighted by Gasteiger charge is -2.22. The van der Waals surface area contributed by atoms with Crippen molar-refractivity contribution < 1.29 is 4.21 Å². The predicted octanol–water partition coefficient (Wildman–Crippen LogP) is 3.69. The lowest BCUT2D eigenvalue weighted by Crippen LogP contribution is -2.30. The van der Waals surface area contributed by atoms with E-state index >= 15 is 0 Å². The van der Waals surface area contributed by atoms with E-state index in [9.17, 15) is 4.21 Å². The van der Waals surface area contributed by atoms with Crippen LogP contribution in [0.5, 0.6) is 0 Å². The van der Waals surface area contributed by atoms with Crippen molar-refractivity contribution in [2.75, 3.05) is 12.3 Å². The topological polar surface area (TPSA) is 29.1 Å². The first-order chi connectivity index (χ1) is 9.49. The number of nitrogens with one attached hydrogen (secondary N) is 1. The van der Waals surface area contributed by atoms with Crippen LogP contribution in [0.2, 0.25) is 0 Å². The molecule has 0 amide bonds. The fourth-order valence-electron chi connectivity index (χ4n) is 2.12. The second-order valence-corrected chi connectivity index (χ2v) is 7.54. The smallest absolute Gasteiger partial charge is 0.0436 e. The second-order valence-electron chi connectivity index (χ2n) is 5.70. The first-order valence-electron chi connectivity index (χ1n) is 7.68. The molecule has 0 heterocycles. The molecule has 1 aromatic rings. The standard InChI is InChI=1S/C17H29NOS/c1-6-15-8-10-16(11-9-15)17(18-7-2)12-20(19)14(5)13(3)4/h8-11,13-14,17-18H,6-7,12H2,1-5H3. The minimum atomic E-state index is -0.797. The van der Waals surface area contributed by atoms with Gasteiger partial charge in [0.25, 0.3) is 0 Å². The van der Waals surface area contributed by atoms with Crippen LogP contribution < -0.4 is 5.32 Å². The van der Waals surface area contributed by atoms with Gasteiger partial charge in [0.2, 0.25) is 0 Å². The molecule has 0 radical (unpaired) electrons. The zero-order valence-corrected chi connectivity index (χ0v) is 14.3. The van der Waals surface area contributed by atoms with Crippen LogP contribution in [0.3, 0.4) is 0 Å². The van der Waals surface area contributed by atoms with Gasteiger partial charge in [0.05, 0.1) is 0 Å². The summed E-state index contributed by atoms with van der Waals surface area (Å²) in [6.07, 6.45) is 1.06. The van der Waals surface area contributed by atoms with Crippen LogP contribution in [-0.2, 0) is 17.2 Å². The molecule has 0 saturated carbocycles. The molecule has 2 nitrogen and oxygen atoms in total. The average molecular weight is 295 g/mol. The SMILES string of the molecule is CCNC(CS(=O)C(C)C(C)C)c1ccc(CC)cc1. The zero-order valence-electron chi connectivity index (χ0n) is 13.5. The normalized spacial score (nSPS) is 16.1. The molecule has 1 aromatic carbocycles. The molecule has 0 saturated heterocycles. The van der Waals surface area contributed by atoms with E-state index in [1.807, 2.05) is 0 Å². The Kier molecular flexibility index (Phi) is 7.46. The highest BCUT2D eigenvalue weighted by Gasteiger charge is 2.20. The first-order valence-corrected chi connectivity index (χ1v) is 9.07. The summed E-state index contributed by atoms with van der Waals surface area (Å²) in [4.78, 5) is 0. The van der Waals surface area contributed by atoms with Crippen molar-refractivity contribution in [1.29, 1.82) is 0 Å². The van der Waals surface area contributed by atoms with E-state index in [0.29, 0.717) is 11.7 Å². The number of aryl methyl sites for hydroxylation is 1. The molecule has 0 aliphatic rings. The second kappa shape index (κ2) is 8.58. The van der Waals surface area contributed by atoms with Crippen LogP contribution >= 0.6 is 0 Å². The summed E-state index contributed by atoms with van der Waals surface area (Å²) in [5.74, 6) is 1.15. The Morgan fingerprint density at radius 2 is 1.70 bits per heavy atom. The molecule has 0 aliphatic carbocycles. The Balaban J connectivity index is 2.79. The molecule has 0 spiro atoms. The summed E-state index contributed by atoms with van der Waals surface area (Å²) in [7, 11) is -0.797. The maximum absolute atomic E-state index is 12.4. The molecule has 3 heteroatoms. The van der Waals surface area contributed by atoms with Crippen LogP contribution in [0.1, 0.15) is 51.8 Å². The van der Waals surface area contributed by atoms with Gasteiger partial charge in [-0.15, -0.1) is 0 Å². The van der Waals surface area contributed by atoms with Crippen LogP contribution in [-0.4, -0.2) is 21.8 Å². The van der Waals surface area contributed by atoms with Gasteiger partial charge >= 0.3 is 0 Å². The quantitative estimate of drug-likeness (QED) is 0.792. The Bertz CT molecular complexity index is 414. The van der Waals surface area contributed by atoms with Crippen molar-refractivity contribution in [2.24, 2.45) is 5.92 Å².